The third-order valence-corrected chi connectivity index (χ3v) is 5.23. The van der Waals surface area contributed by atoms with Crippen molar-refractivity contribution < 1.29 is 4.74 Å². The molecule has 1 aliphatic rings. The molecular weight excluding hydrogens is 360 g/mol. The molecule has 1 saturated heterocycles. The number of rotatable bonds is 6. The third kappa shape index (κ3) is 6.07. The van der Waals surface area contributed by atoms with Crippen molar-refractivity contribution in [2.24, 2.45) is 10.9 Å². The van der Waals surface area contributed by atoms with Crippen LogP contribution in [0.5, 0.6) is 0 Å². The van der Waals surface area contributed by atoms with Crippen molar-refractivity contribution in [3.63, 3.8) is 0 Å². The molecule has 0 bridgehead atoms. The zero-order valence-electron chi connectivity index (χ0n) is 17.3. The second kappa shape index (κ2) is 10.6. The molecular formula is C24H30N4O. The lowest BCUT2D eigenvalue weighted by Crippen LogP contribution is -2.42. The number of benzene rings is 2. The number of nitrogens with one attached hydrogen (secondary N) is 2. The molecule has 29 heavy (non-hydrogen) atoms. The first-order valence-electron chi connectivity index (χ1n) is 10.4. The molecule has 1 fully saturated rings. The van der Waals surface area contributed by atoms with Gasteiger partial charge in [0.15, 0.2) is 5.96 Å². The van der Waals surface area contributed by atoms with Gasteiger partial charge in [-0.25, -0.2) is 4.99 Å². The number of aliphatic imine (C=N–C) groups is 1. The lowest BCUT2D eigenvalue weighted by molar-refractivity contribution is -0.0265. The summed E-state index contributed by atoms with van der Waals surface area (Å²) in [6.45, 7) is 7.19. The fraction of sp³-hybridized carbons (Fsp3) is 0.417. The Morgan fingerprint density at radius 3 is 2.59 bits per heavy atom. The summed E-state index contributed by atoms with van der Waals surface area (Å²) >= 11 is 0. The van der Waals surface area contributed by atoms with E-state index in [1.165, 1.54) is 11.1 Å². The molecule has 5 heteroatoms. The van der Waals surface area contributed by atoms with Gasteiger partial charge in [0.2, 0.25) is 0 Å². The highest BCUT2D eigenvalue weighted by Crippen LogP contribution is 2.33. The maximum Gasteiger partial charge on any atom is 0.191 e. The van der Waals surface area contributed by atoms with Crippen LogP contribution >= 0.6 is 0 Å². The minimum atomic E-state index is 0.123. The van der Waals surface area contributed by atoms with Crippen LogP contribution in [0.1, 0.15) is 48.1 Å². The van der Waals surface area contributed by atoms with E-state index in [4.69, 9.17) is 15.0 Å². The summed E-state index contributed by atoms with van der Waals surface area (Å²) in [6.07, 6.45) is 2.35. The summed E-state index contributed by atoms with van der Waals surface area (Å²) in [5.41, 5.74) is 4.27. The van der Waals surface area contributed by atoms with Gasteiger partial charge in [0.25, 0.3) is 0 Å². The van der Waals surface area contributed by atoms with Gasteiger partial charge in [-0.3, -0.25) is 0 Å². The van der Waals surface area contributed by atoms with E-state index < -0.39 is 0 Å². The van der Waals surface area contributed by atoms with Crippen molar-refractivity contribution in [1.82, 2.24) is 10.6 Å². The Labute approximate surface area is 173 Å². The minimum Gasteiger partial charge on any atom is -0.373 e. The largest absolute Gasteiger partial charge is 0.373 e. The molecule has 1 heterocycles. The van der Waals surface area contributed by atoms with Crippen LogP contribution in [0.3, 0.4) is 0 Å². The number of aryl methyl sites for hydroxylation is 1. The maximum atomic E-state index is 8.92. The molecule has 0 radical (unpaired) electrons. The van der Waals surface area contributed by atoms with Gasteiger partial charge in [0, 0.05) is 25.6 Å². The van der Waals surface area contributed by atoms with Gasteiger partial charge in [-0.15, -0.1) is 0 Å². The fourth-order valence-corrected chi connectivity index (χ4v) is 3.60. The van der Waals surface area contributed by atoms with Gasteiger partial charge >= 0.3 is 0 Å². The number of nitriles is 1. The van der Waals surface area contributed by atoms with Crippen LogP contribution in [0.4, 0.5) is 0 Å². The molecule has 0 amide bonds. The maximum absolute atomic E-state index is 8.92. The van der Waals surface area contributed by atoms with Gasteiger partial charge in [0.1, 0.15) is 0 Å². The first-order chi connectivity index (χ1) is 14.2. The zero-order valence-corrected chi connectivity index (χ0v) is 17.3. The van der Waals surface area contributed by atoms with Gasteiger partial charge in [-0.05, 0) is 49.9 Å². The van der Waals surface area contributed by atoms with Crippen molar-refractivity contribution in [2.75, 3.05) is 19.7 Å². The first-order valence-corrected chi connectivity index (χ1v) is 10.4. The second-order valence-corrected chi connectivity index (χ2v) is 7.49. The molecule has 5 nitrogen and oxygen atoms in total. The van der Waals surface area contributed by atoms with Crippen LogP contribution in [0.25, 0.3) is 0 Å². The van der Waals surface area contributed by atoms with E-state index in [0.717, 1.165) is 44.1 Å². The fourth-order valence-electron chi connectivity index (χ4n) is 3.60. The molecule has 2 N–H and O–H groups in total. The Kier molecular flexibility index (Phi) is 7.66. The van der Waals surface area contributed by atoms with Crippen LogP contribution in [0.2, 0.25) is 0 Å². The molecule has 2 aromatic rings. The van der Waals surface area contributed by atoms with Crippen molar-refractivity contribution >= 4 is 5.96 Å². The van der Waals surface area contributed by atoms with E-state index in [2.05, 4.69) is 54.8 Å². The van der Waals surface area contributed by atoms with Crippen molar-refractivity contribution in [3.8, 4) is 6.07 Å². The van der Waals surface area contributed by atoms with Gasteiger partial charge in [-0.2, -0.15) is 5.26 Å². The summed E-state index contributed by atoms with van der Waals surface area (Å²) in [5.74, 6) is 1.22. The average molecular weight is 391 g/mol. The van der Waals surface area contributed by atoms with E-state index in [9.17, 15) is 0 Å². The monoisotopic (exact) mass is 390 g/mol. The second-order valence-electron chi connectivity index (χ2n) is 7.49. The van der Waals surface area contributed by atoms with Gasteiger partial charge in [-0.1, -0.05) is 42.0 Å². The van der Waals surface area contributed by atoms with Crippen molar-refractivity contribution in [3.05, 3.63) is 70.8 Å². The molecule has 2 aromatic carbocycles. The molecule has 0 aliphatic carbocycles. The highest BCUT2D eigenvalue weighted by atomic mass is 16.5. The topological polar surface area (TPSA) is 69.4 Å². The standard InChI is InChI=1S/C24H30N4O/c1-3-26-24(27-16-20-10-8-19(15-25)9-11-20)28-17-22-5-4-14-29-23(22)21-12-6-18(2)7-13-21/h6-13,22-23H,3-5,14,16-17H2,1-2H3,(H2,26,27,28). The van der Waals surface area contributed by atoms with Crippen molar-refractivity contribution in [1.29, 1.82) is 5.26 Å². The molecule has 0 aromatic heterocycles. The Hall–Kier alpha value is -2.84. The van der Waals surface area contributed by atoms with Crippen LogP contribution in [0, 0.1) is 24.2 Å². The highest BCUT2D eigenvalue weighted by molar-refractivity contribution is 5.79. The first kappa shape index (κ1) is 20.9. The average Bonchev–Trinajstić information content (AvgIpc) is 2.77. The molecule has 152 valence electrons. The normalized spacial score (nSPS) is 19.4. The Bertz CT molecular complexity index is 837. The van der Waals surface area contributed by atoms with E-state index >= 15 is 0 Å². The molecule has 3 rings (SSSR count). The number of hydrogen-bond acceptors (Lipinski definition) is 3. The number of guanidine groups is 1. The van der Waals surface area contributed by atoms with Gasteiger partial charge in [0.05, 0.1) is 24.3 Å². The van der Waals surface area contributed by atoms with Gasteiger partial charge < -0.3 is 15.4 Å². The number of ether oxygens (including phenoxy) is 1. The van der Waals surface area contributed by atoms with Crippen LogP contribution in [-0.2, 0) is 11.3 Å². The lowest BCUT2D eigenvalue weighted by Gasteiger charge is -2.32. The molecule has 2 atom stereocenters. The van der Waals surface area contributed by atoms with E-state index in [1.807, 2.05) is 24.3 Å². The minimum absolute atomic E-state index is 0.123. The third-order valence-electron chi connectivity index (χ3n) is 5.23. The van der Waals surface area contributed by atoms with Crippen LogP contribution in [0.15, 0.2) is 53.5 Å². The lowest BCUT2D eigenvalue weighted by atomic mass is 9.89. The van der Waals surface area contributed by atoms with E-state index in [1.54, 1.807) is 0 Å². The quantitative estimate of drug-likeness (QED) is 0.576. The van der Waals surface area contributed by atoms with E-state index in [0.29, 0.717) is 18.0 Å². The predicted octanol–water partition coefficient (Wildman–Crippen LogP) is 4.09. The summed E-state index contributed by atoms with van der Waals surface area (Å²) in [4.78, 5) is 4.70. The SMILES string of the molecule is CCNC(=NCc1ccc(C#N)cc1)NCC1CCCOC1c1ccc(C)cc1. The summed E-state index contributed by atoms with van der Waals surface area (Å²) < 4.78 is 6.13. The zero-order chi connectivity index (χ0) is 20.5. The number of hydrogen-bond donors (Lipinski definition) is 2. The highest BCUT2D eigenvalue weighted by Gasteiger charge is 2.27. The Morgan fingerprint density at radius 1 is 1.14 bits per heavy atom. The van der Waals surface area contributed by atoms with Crippen LogP contribution < -0.4 is 10.6 Å². The smallest absolute Gasteiger partial charge is 0.191 e. The summed E-state index contributed by atoms with van der Waals surface area (Å²) in [7, 11) is 0. The molecule has 0 spiro atoms. The summed E-state index contributed by atoms with van der Waals surface area (Å²) in [5, 5.41) is 15.7. The summed E-state index contributed by atoms with van der Waals surface area (Å²) in [6, 6.07) is 18.4. The molecule has 0 saturated carbocycles. The Morgan fingerprint density at radius 2 is 1.90 bits per heavy atom. The molecule has 1 aliphatic heterocycles. The van der Waals surface area contributed by atoms with E-state index in [-0.39, 0.29) is 6.10 Å². The molecule has 2 unspecified atom stereocenters. The number of nitrogens with zero attached hydrogens (tertiary/aromatic N) is 2. The predicted molar refractivity (Wildman–Crippen MR) is 117 cm³/mol. The van der Waals surface area contributed by atoms with Crippen LogP contribution in [-0.4, -0.2) is 25.7 Å². The van der Waals surface area contributed by atoms with Crippen molar-refractivity contribution in [2.45, 2.75) is 39.3 Å². The Balaban J connectivity index is 1.62.